The molecular weight excluding hydrogens is 343 g/mol. The third kappa shape index (κ3) is 3.81. The summed E-state index contributed by atoms with van der Waals surface area (Å²) in [4.78, 5) is 20.2. The van der Waals surface area contributed by atoms with E-state index in [1.807, 2.05) is 36.9 Å². The highest BCUT2D eigenvalue weighted by Crippen LogP contribution is 2.29. The molecule has 1 aromatic carbocycles. The van der Waals surface area contributed by atoms with Crippen LogP contribution in [0.1, 0.15) is 27.0 Å². The topological polar surface area (TPSA) is 36.4 Å². The molecule has 2 heterocycles. The van der Waals surface area contributed by atoms with Crippen LogP contribution in [0.3, 0.4) is 0 Å². The van der Waals surface area contributed by atoms with Crippen molar-refractivity contribution in [2.75, 3.05) is 31.1 Å². The molecule has 1 aliphatic rings. The van der Waals surface area contributed by atoms with Gasteiger partial charge in [-0.25, -0.2) is 4.98 Å². The number of amides is 1. The van der Waals surface area contributed by atoms with Gasteiger partial charge in [0.25, 0.3) is 5.91 Å². The highest BCUT2D eigenvalue weighted by molar-refractivity contribution is 5.94. The third-order valence-electron chi connectivity index (χ3n) is 4.72. The molecule has 1 aromatic heterocycles. The normalized spacial score (nSPS) is 15.3. The highest BCUT2D eigenvalue weighted by atomic mass is 19.4. The summed E-state index contributed by atoms with van der Waals surface area (Å²) in [5.41, 5.74) is 2.11. The van der Waals surface area contributed by atoms with E-state index in [1.165, 1.54) is 6.07 Å². The zero-order valence-electron chi connectivity index (χ0n) is 14.7. The number of alkyl halides is 3. The number of hydrogen-bond acceptors (Lipinski definition) is 3. The van der Waals surface area contributed by atoms with Crippen molar-refractivity contribution in [3.8, 4) is 0 Å². The number of halogens is 3. The summed E-state index contributed by atoms with van der Waals surface area (Å²) in [6.45, 7) is 6.06. The van der Waals surface area contributed by atoms with Crippen LogP contribution in [-0.4, -0.2) is 42.0 Å². The molecule has 0 bridgehead atoms. The van der Waals surface area contributed by atoms with Crippen molar-refractivity contribution in [1.82, 2.24) is 9.88 Å². The van der Waals surface area contributed by atoms with Crippen LogP contribution in [0.25, 0.3) is 0 Å². The minimum absolute atomic E-state index is 0.0203. The molecule has 138 valence electrons. The van der Waals surface area contributed by atoms with E-state index in [2.05, 4.69) is 4.98 Å². The molecule has 1 saturated heterocycles. The molecule has 2 aromatic rings. The number of piperazine rings is 1. The molecule has 0 aliphatic carbocycles. The van der Waals surface area contributed by atoms with Gasteiger partial charge in [-0.05, 0) is 49.2 Å². The molecule has 0 spiro atoms. The number of anilines is 1. The maximum Gasteiger partial charge on any atom is 0.417 e. The van der Waals surface area contributed by atoms with Crippen molar-refractivity contribution in [2.45, 2.75) is 20.0 Å². The predicted octanol–water partition coefficient (Wildman–Crippen LogP) is 3.68. The minimum Gasteiger partial charge on any atom is -0.353 e. The van der Waals surface area contributed by atoms with Crippen molar-refractivity contribution in [3.63, 3.8) is 0 Å². The maximum absolute atomic E-state index is 12.6. The molecule has 4 nitrogen and oxygen atoms in total. The van der Waals surface area contributed by atoms with E-state index in [4.69, 9.17) is 0 Å². The van der Waals surface area contributed by atoms with E-state index < -0.39 is 11.7 Å². The van der Waals surface area contributed by atoms with Crippen LogP contribution in [0, 0.1) is 13.8 Å². The van der Waals surface area contributed by atoms with Crippen LogP contribution in [0.5, 0.6) is 0 Å². The fourth-order valence-corrected chi connectivity index (χ4v) is 2.94. The quantitative estimate of drug-likeness (QED) is 0.817. The molecular formula is C19H20F3N3O. The Kier molecular flexibility index (Phi) is 4.89. The molecule has 1 aliphatic heterocycles. The summed E-state index contributed by atoms with van der Waals surface area (Å²) >= 11 is 0. The molecule has 1 amide bonds. The molecule has 0 saturated carbocycles. The van der Waals surface area contributed by atoms with E-state index in [-0.39, 0.29) is 5.91 Å². The zero-order valence-corrected chi connectivity index (χ0v) is 14.7. The van der Waals surface area contributed by atoms with Gasteiger partial charge in [-0.3, -0.25) is 4.79 Å². The van der Waals surface area contributed by atoms with E-state index in [0.717, 1.165) is 23.4 Å². The van der Waals surface area contributed by atoms with Gasteiger partial charge >= 0.3 is 6.18 Å². The molecule has 0 unspecified atom stereocenters. The molecule has 0 atom stereocenters. The second kappa shape index (κ2) is 6.97. The molecule has 26 heavy (non-hydrogen) atoms. The fourth-order valence-electron chi connectivity index (χ4n) is 2.94. The Morgan fingerprint density at radius 1 is 1.00 bits per heavy atom. The lowest BCUT2D eigenvalue weighted by Gasteiger charge is -2.35. The molecule has 0 N–H and O–H groups in total. The Morgan fingerprint density at radius 3 is 2.23 bits per heavy atom. The highest BCUT2D eigenvalue weighted by Gasteiger charge is 2.31. The first-order valence-electron chi connectivity index (χ1n) is 8.40. The van der Waals surface area contributed by atoms with Gasteiger partial charge in [0, 0.05) is 37.9 Å². The third-order valence-corrected chi connectivity index (χ3v) is 4.72. The number of aromatic nitrogens is 1. The lowest BCUT2D eigenvalue weighted by atomic mass is 10.1. The van der Waals surface area contributed by atoms with Crippen LogP contribution < -0.4 is 4.90 Å². The Bertz CT molecular complexity index is 795. The SMILES string of the molecule is Cc1ccc(C(=O)N2CCN(c3ccc(C(F)(F)F)cn3)CC2)cc1C. The second-order valence-electron chi connectivity index (χ2n) is 6.48. The number of hydrogen-bond donors (Lipinski definition) is 0. The van der Waals surface area contributed by atoms with Gasteiger partial charge in [0.2, 0.25) is 0 Å². The largest absolute Gasteiger partial charge is 0.417 e. The van der Waals surface area contributed by atoms with Gasteiger partial charge in [-0.1, -0.05) is 6.07 Å². The summed E-state index contributed by atoms with van der Waals surface area (Å²) in [5, 5.41) is 0. The number of benzene rings is 1. The lowest BCUT2D eigenvalue weighted by Crippen LogP contribution is -2.49. The van der Waals surface area contributed by atoms with Gasteiger partial charge < -0.3 is 9.80 Å². The number of rotatable bonds is 2. The van der Waals surface area contributed by atoms with Crippen molar-refractivity contribution in [3.05, 3.63) is 58.8 Å². The van der Waals surface area contributed by atoms with Crippen LogP contribution in [0.15, 0.2) is 36.5 Å². The van der Waals surface area contributed by atoms with Crippen molar-refractivity contribution in [2.24, 2.45) is 0 Å². The monoisotopic (exact) mass is 363 g/mol. The summed E-state index contributed by atoms with van der Waals surface area (Å²) in [7, 11) is 0. The molecule has 7 heteroatoms. The first kappa shape index (κ1) is 18.2. The number of aryl methyl sites for hydroxylation is 2. The van der Waals surface area contributed by atoms with Gasteiger partial charge in [0.15, 0.2) is 0 Å². The molecule has 0 radical (unpaired) electrons. The fraction of sp³-hybridized carbons (Fsp3) is 0.368. The zero-order chi connectivity index (χ0) is 18.9. The van der Waals surface area contributed by atoms with E-state index in [0.29, 0.717) is 37.6 Å². The van der Waals surface area contributed by atoms with Crippen molar-refractivity contribution < 1.29 is 18.0 Å². The van der Waals surface area contributed by atoms with Crippen LogP contribution in [-0.2, 0) is 6.18 Å². The van der Waals surface area contributed by atoms with Gasteiger partial charge in [0.05, 0.1) is 5.56 Å². The number of carbonyl (C=O) groups excluding carboxylic acids is 1. The number of nitrogens with zero attached hydrogens (tertiary/aromatic N) is 3. The maximum atomic E-state index is 12.6. The predicted molar refractivity (Wildman–Crippen MR) is 93.3 cm³/mol. The Balaban J connectivity index is 1.63. The Morgan fingerprint density at radius 2 is 1.69 bits per heavy atom. The molecule has 1 fully saturated rings. The first-order valence-corrected chi connectivity index (χ1v) is 8.40. The number of carbonyl (C=O) groups is 1. The standard InChI is InChI=1S/C19H20F3N3O/c1-13-3-4-15(11-14(13)2)18(26)25-9-7-24(8-10-25)17-6-5-16(12-23-17)19(20,21)22/h3-6,11-12H,7-10H2,1-2H3. The van der Waals surface area contributed by atoms with E-state index in [9.17, 15) is 18.0 Å². The lowest BCUT2D eigenvalue weighted by molar-refractivity contribution is -0.137. The summed E-state index contributed by atoms with van der Waals surface area (Å²) in [5.74, 6) is 0.476. The summed E-state index contributed by atoms with van der Waals surface area (Å²) in [6, 6.07) is 8.07. The van der Waals surface area contributed by atoms with E-state index >= 15 is 0 Å². The Labute approximate surface area is 150 Å². The van der Waals surface area contributed by atoms with E-state index in [1.54, 1.807) is 4.90 Å². The number of pyridine rings is 1. The average Bonchev–Trinajstić information content (AvgIpc) is 2.63. The van der Waals surface area contributed by atoms with Crippen LogP contribution in [0.2, 0.25) is 0 Å². The van der Waals surface area contributed by atoms with Gasteiger partial charge in [-0.2, -0.15) is 13.2 Å². The first-order chi connectivity index (χ1) is 12.3. The Hall–Kier alpha value is -2.57. The average molecular weight is 363 g/mol. The minimum atomic E-state index is -4.39. The van der Waals surface area contributed by atoms with Crippen molar-refractivity contribution >= 4 is 11.7 Å². The van der Waals surface area contributed by atoms with Crippen molar-refractivity contribution in [1.29, 1.82) is 0 Å². The summed E-state index contributed by atoms with van der Waals surface area (Å²) < 4.78 is 37.9. The second-order valence-corrected chi connectivity index (χ2v) is 6.48. The van der Waals surface area contributed by atoms with Crippen LogP contribution >= 0.6 is 0 Å². The van der Waals surface area contributed by atoms with Crippen LogP contribution in [0.4, 0.5) is 19.0 Å². The molecule has 3 rings (SSSR count). The van der Waals surface area contributed by atoms with Gasteiger partial charge in [0.1, 0.15) is 5.82 Å². The van der Waals surface area contributed by atoms with Gasteiger partial charge in [-0.15, -0.1) is 0 Å². The smallest absolute Gasteiger partial charge is 0.353 e. The summed E-state index contributed by atoms with van der Waals surface area (Å²) in [6.07, 6.45) is -3.54.